The third-order valence-electron chi connectivity index (χ3n) is 1.69. The van der Waals surface area contributed by atoms with Crippen LogP contribution < -0.4 is 20.9 Å². The molecule has 14 heavy (non-hydrogen) atoms. The maximum absolute atomic E-state index is 12.6. The standard InChI is InChI=1S/C7H5BrF2N2O2/c8-4-2(11)1-3-6(5(4)12)14-7(9,10)13-3/h1H,11-12H2. The van der Waals surface area contributed by atoms with Crippen LogP contribution in [0.2, 0.25) is 0 Å². The lowest BCUT2D eigenvalue weighted by Crippen LogP contribution is -2.26. The van der Waals surface area contributed by atoms with Crippen molar-refractivity contribution in [2.24, 2.45) is 0 Å². The Hall–Kier alpha value is -1.24. The Morgan fingerprint density at radius 3 is 2.57 bits per heavy atom. The third-order valence-corrected chi connectivity index (χ3v) is 2.58. The van der Waals surface area contributed by atoms with Crippen molar-refractivity contribution in [3.63, 3.8) is 0 Å². The van der Waals surface area contributed by atoms with Gasteiger partial charge in [-0.05, 0) is 15.9 Å². The Morgan fingerprint density at radius 2 is 1.93 bits per heavy atom. The van der Waals surface area contributed by atoms with Gasteiger partial charge in [0, 0.05) is 6.07 Å². The highest BCUT2D eigenvalue weighted by atomic mass is 79.9. The number of hydrogen-bond acceptors (Lipinski definition) is 4. The molecule has 1 heterocycles. The number of nitrogens with two attached hydrogens (primary N) is 2. The summed E-state index contributed by atoms with van der Waals surface area (Å²) in [6, 6.07) is 1.22. The van der Waals surface area contributed by atoms with Crippen molar-refractivity contribution in [3.8, 4) is 11.5 Å². The first-order chi connectivity index (χ1) is 6.41. The van der Waals surface area contributed by atoms with Crippen molar-refractivity contribution in [1.82, 2.24) is 0 Å². The molecular formula is C7H5BrF2N2O2. The van der Waals surface area contributed by atoms with Gasteiger partial charge in [0.05, 0.1) is 15.8 Å². The van der Waals surface area contributed by atoms with Crippen LogP contribution in [0, 0.1) is 0 Å². The first-order valence-corrected chi connectivity index (χ1v) is 4.33. The summed E-state index contributed by atoms with van der Waals surface area (Å²) in [5.74, 6) is -0.357. The summed E-state index contributed by atoms with van der Waals surface area (Å²) in [6.07, 6.45) is -3.68. The fraction of sp³-hybridized carbons (Fsp3) is 0.143. The quantitative estimate of drug-likeness (QED) is 0.704. The molecule has 76 valence electrons. The molecule has 0 unspecified atom stereocenters. The number of rotatable bonds is 0. The maximum Gasteiger partial charge on any atom is 0.586 e. The highest BCUT2D eigenvalue weighted by Crippen LogP contribution is 2.49. The van der Waals surface area contributed by atoms with Gasteiger partial charge in [-0.3, -0.25) is 0 Å². The lowest BCUT2D eigenvalue weighted by molar-refractivity contribution is -0.286. The predicted octanol–water partition coefficient (Wildman–Crippen LogP) is 1.94. The molecule has 0 amide bonds. The SMILES string of the molecule is Nc1cc2c(c(N)c1Br)OC(F)(F)O2. The zero-order valence-corrected chi connectivity index (χ0v) is 8.27. The van der Waals surface area contributed by atoms with Crippen LogP contribution in [-0.4, -0.2) is 6.29 Å². The minimum absolute atomic E-state index is 0.00262. The van der Waals surface area contributed by atoms with Crippen LogP contribution in [0.15, 0.2) is 10.5 Å². The lowest BCUT2D eigenvalue weighted by atomic mass is 10.2. The Bertz CT molecular complexity index is 411. The average Bonchev–Trinajstić information content (AvgIpc) is 2.37. The summed E-state index contributed by atoms with van der Waals surface area (Å²) in [5.41, 5.74) is 11.2. The molecule has 0 spiro atoms. The molecule has 0 aliphatic carbocycles. The van der Waals surface area contributed by atoms with Crippen molar-refractivity contribution in [2.75, 3.05) is 11.5 Å². The number of anilines is 2. The summed E-state index contributed by atoms with van der Waals surface area (Å²) in [5, 5.41) is 0. The van der Waals surface area contributed by atoms with Crippen molar-refractivity contribution in [1.29, 1.82) is 0 Å². The number of benzene rings is 1. The Labute approximate surface area is 85.9 Å². The summed E-state index contributed by atoms with van der Waals surface area (Å²) in [7, 11) is 0. The van der Waals surface area contributed by atoms with Crippen molar-refractivity contribution in [2.45, 2.75) is 6.29 Å². The van der Waals surface area contributed by atoms with Gasteiger partial charge >= 0.3 is 6.29 Å². The summed E-state index contributed by atoms with van der Waals surface area (Å²) < 4.78 is 33.9. The zero-order valence-electron chi connectivity index (χ0n) is 6.68. The number of fused-ring (bicyclic) bond motifs is 1. The van der Waals surface area contributed by atoms with Crippen LogP contribution in [0.25, 0.3) is 0 Å². The van der Waals surface area contributed by atoms with E-state index < -0.39 is 6.29 Å². The molecule has 0 saturated carbocycles. The van der Waals surface area contributed by atoms with Gasteiger partial charge in [-0.15, -0.1) is 8.78 Å². The number of alkyl halides is 2. The van der Waals surface area contributed by atoms with E-state index in [-0.39, 0.29) is 22.9 Å². The molecule has 1 aromatic carbocycles. The van der Waals surface area contributed by atoms with E-state index in [0.717, 1.165) is 0 Å². The minimum Gasteiger partial charge on any atom is -0.398 e. The van der Waals surface area contributed by atoms with Crippen LogP contribution >= 0.6 is 15.9 Å². The highest BCUT2D eigenvalue weighted by molar-refractivity contribution is 9.10. The number of hydrogen-bond donors (Lipinski definition) is 2. The molecular weight excluding hydrogens is 262 g/mol. The van der Waals surface area contributed by atoms with E-state index in [1.54, 1.807) is 0 Å². The second kappa shape index (κ2) is 2.63. The zero-order chi connectivity index (χ0) is 10.5. The molecule has 4 nitrogen and oxygen atoms in total. The molecule has 1 aromatic rings. The van der Waals surface area contributed by atoms with Gasteiger partial charge in [0.15, 0.2) is 11.5 Å². The molecule has 0 atom stereocenters. The maximum atomic E-state index is 12.6. The van der Waals surface area contributed by atoms with Crippen LogP contribution in [0.4, 0.5) is 20.2 Å². The number of halogens is 3. The van der Waals surface area contributed by atoms with Crippen LogP contribution in [0.5, 0.6) is 11.5 Å². The number of nitrogen functional groups attached to an aromatic ring is 2. The van der Waals surface area contributed by atoms with Gasteiger partial charge in [-0.25, -0.2) is 0 Å². The van der Waals surface area contributed by atoms with E-state index in [1.807, 2.05) is 0 Å². The smallest absolute Gasteiger partial charge is 0.398 e. The first-order valence-electron chi connectivity index (χ1n) is 3.54. The fourth-order valence-electron chi connectivity index (χ4n) is 1.11. The van der Waals surface area contributed by atoms with Gasteiger partial charge in [-0.2, -0.15) is 0 Å². The monoisotopic (exact) mass is 266 g/mol. The molecule has 0 aromatic heterocycles. The molecule has 7 heteroatoms. The molecule has 1 aliphatic heterocycles. The summed E-state index contributed by atoms with van der Waals surface area (Å²) in [4.78, 5) is 0. The second-order valence-electron chi connectivity index (χ2n) is 2.69. The molecule has 0 saturated heterocycles. The molecule has 1 aliphatic rings. The van der Waals surface area contributed by atoms with Crippen LogP contribution in [0.1, 0.15) is 0 Å². The van der Waals surface area contributed by atoms with Crippen LogP contribution in [0.3, 0.4) is 0 Å². The molecule has 0 bridgehead atoms. The Balaban J connectivity index is 2.59. The van der Waals surface area contributed by atoms with E-state index in [9.17, 15) is 8.78 Å². The van der Waals surface area contributed by atoms with E-state index in [1.165, 1.54) is 6.07 Å². The Morgan fingerprint density at radius 1 is 1.29 bits per heavy atom. The average molecular weight is 267 g/mol. The van der Waals surface area contributed by atoms with Crippen molar-refractivity contribution >= 4 is 27.3 Å². The van der Waals surface area contributed by atoms with Gasteiger partial charge in [0.2, 0.25) is 0 Å². The Kier molecular flexibility index (Phi) is 1.75. The van der Waals surface area contributed by atoms with Crippen molar-refractivity contribution in [3.05, 3.63) is 10.5 Å². The topological polar surface area (TPSA) is 70.5 Å². The minimum atomic E-state index is -3.68. The molecule has 0 fully saturated rings. The fourth-order valence-corrected chi connectivity index (χ4v) is 1.40. The molecule has 4 N–H and O–H groups in total. The van der Waals surface area contributed by atoms with Gasteiger partial charge in [0.1, 0.15) is 0 Å². The molecule has 0 radical (unpaired) electrons. The molecule has 2 rings (SSSR count). The number of ether oxygens (including phenoxy) is 2. The first kappa shape index (κ1) is 9.32. The van der Waals surface area contributed by atoms with Gasteiger partial charge < -0.3 is 20.9 Å². The van der Waals surface area contributed by atoms with E-state index in [2.05, 4.69) is 25.4 Å². The second-order valence-corrected chi connectivity index (χ2v) is 3.48. The van der Waals surface area contributed by atoms with E-state index in [0.29, 0.717) is 4.47 Å². The van der Waals surface area contributed by atoms with Gasteiger partial charge in [0.25, 0.3) is 0 Å². The lowest BCUT2D eigenvalue weighted by Gasteiger charge is -2.05. The van der Waals surface area contributed by atoms with Crippen LogP contribution in [-0.2, 0) is 0 Å². The summed E-state index contributed by atoms with van der Waals surface area (Å²) >= 11 is 3.04. The highest BCUT2D eigenvalue weighted by Gasteiger charge is 2.45. The van der Waals surface area contributed by atoms with Gasteiger partial charge in [-0.1, -0.05) is 0 Å². The van der Waals surface area contributed by atoms with E-state index >= 15 is 0 Å². The summed E-state index contributed by atoms with van der Waals surface area (Å²) in [6.45, 7) is 0. The van der Waals surface area contributed by atoms with Crippen molar-refractivity contribution < 1.29 is 18.3 Å². The predicted molar refractivity (Wildman–Crippen MR) is 49.2 cm³/mol. The largest absolute Gasteiger partial charge is 0.586 e. The van der Waals surface area contributed by atoms with E-state index in [4.69, 9.17) is 11.5 Å². The normalized spacial score (nSPS) is 17.1. The third kappa shape index (κ3) is 1.24.